The van der Waals surface area contributed by atoms with Crippen molar-refractivity contribution in [1.82, 2.24) is 10.2 Å². The number of rotatable bonds is 3. The van der Waals surface area contributed by atoms with E-state index in [4.69, 9.17) is 5.73 Å². The molecule has 5 nitrogen and oxygen atoms in total. The van der Waals surface area contributed by atoms with E-state index in [9.17, 15) is 9.90 Å². The van der Waals surface area contributed by atoms with Crippen molar-refractivity contribution in [1.29, 1.82) is 0 Å². The largest absolute Gasteiger partial charge is 0.393 e. The lowest BCUT2D eigenvalue weighted by Crippen LogP contribution is -2.54. The van der Waals surface area contributed by atoms with Crippen molar-refractivity contribution >= 4 is 6.03 Å². The van der Waals surface area contributed by atoms with Crippen LogP contribution >= 0.6 is 0 Å². The molecule has 1 rings (SSSR count). The van der Waals surface area contributed by atoms with Crippen molar-refractivity contribution in [3.8, 4) is 0 Å². The van der Waals surface area contributed by atoms with Crippen LogP contribution in [0.4, 0.5) is 4.79 Å². The van der Waals surface area contributed by atoms with Gasteiger partial charge in [-0.25, -0.2) is 4.79 Å². The topological polar surface area (TPSA) is 78.6 Å². The molecule has 1 aliphatic heterocycles. The highest BCUT2D eigenvalue weighted by molar-refractivity contribution is 5.72. The van der Waals surface area contributed by atoms with Gasteiger partial charge in [0.25, 0.3) is 0 Å². The Hall–Kier alpha value is -0.810. The molecular formula is C10H21N3O2. The average molecular weight is 215 g/mol. The summed E-state index contributed by atoms with van der Waals surface area (Å²) >= 11 is 0. The Balaban J connectivity index is 2.60. The van der Waals surface area contributed by atoms with E-state index in [1.807, 2.05) is 6.92 Å². The molecule has 15 heavy (non-hydrogen) atoms. The first-order chi connectivity index (χ1) is 7.04. The predicted molar refractivity (Wildman–Crippen MR) is 58.4 cm³/mol. The summed E-state index contributed by atoms with van der Waals surface area (Å²) in [4.78, 5) is 12.7. The number of hydrogen-bond acceptors (Lipinski definition) is 3. The smallest absolute Gasteiger partial charge is 0.314 e. The number of nitrogens with one attached hydrogen (secondary N) is 1. The SMILES string of the molecule is CCNC1CC(C(C)O)CN(C(N)=O)C1. The molecular weight excluding hydrogens is 194 g/mol. The summed E-state index contributed by atoms with van der Waals surface area (Å²) < 4.78 is 0. The van der Waals surface area contributed by atoms with Crippen LogP contribution in [-0.4, -0.2) is 47.8 Å². The van der Waals surface area contributed by atoms with E-state index in [1.54, 1.807) is 11.8 Å². The number of aliphatic hydroxyl groups is 1. The van der Waals surface area contributed by atoms with Crippen LogP contribution in [0.5, 0.6) is 0 Å². The monoisotopic (exact) mass is 215 g/mol. The number of piperidine rings is 1. The zero-order chi connectivity index (χ0) is 11.4. The summed E-state index contributed by atoms with van der Waals surface area (Å²) in [5.41, 5.74) is 5.27. The summed E-state index contributed by atoms with van der Waals surface area (Å²) in [5, 5.41) is 12.8. The number of hydrogen-bond donors (Lipinski definition) is 3. The third-order valence-corrected chi connectivity index (χ3v) is 2.97. The number of carbonyl (C=O) groups excluding carboxylic acids is 1. The van der Waals surface area contributed by atoms with Gasteiger partial charge in [0.1, 0.15) is 0 Å². The van der Waals surface area contributed by atoms with Crippen LogP contribution in [0.3, 0.4) is 0 Å². The molecule has 1 saturated heterocycles. The van der Waals surface area contributed by atoms with Crippen LogP contribution in [-0.2, 0) is 0 Å². The van der Waals surface area contributed by atoms with Gasteiger partial charge in [0, 0.05) is 25.0 Å². The van der Waals surface area contributed by atoms with Gasteiger partial charge in [-0.05, 0) is 19.9 Å². The van der Waals surface area contributed by atoms with Crippen molar-refractivity contribution in [3.63, 3.8) is 0 Å². The van der Waals surface area contributed by atoms with Crippen molar-refractivity contribution in [3.05, 3.63) is 0 Å². The summed E-state index contributed by atoms with van der Waals surface area (Å²) in [6, 6.07) is -0.154. The molecule has 3 atom stereocenters. The molecule has 0 bridgehead atoms. The molecule has 2 amide bonds. The van der Waals surface area contributed by atoms with Crippen LogP contribution in [0.25, 0.3) is 0 Å². The Kier molecular flexibility index (Phi) is 4.35. The second kappa shape index (κ2) is 5.32. The maximum absolute atomic E-state index is 11.1. The van der Waals surface area contributed by atoms with Crippen molar-refractivity contribution in [2.75, 3.05) is 19.6 Å². The van der Waals surface area contributed by atoms with Crippen LogP contribution in [0.15, 0.2) is 0 Å². The minimum Gasteiger partial charge on any atom is -0.393 e. The lowest BCUT2D eigenvalue weighted by Gasteiger charge is -2.38. The lowest BCUT2D eigenvalue weighted by atomic mass is 9.90. The van der Waals surface area contributed by atoms with E-state index in [1.165, 1.54) is 0 Å². The van der Waals surface area contributed by atoms with E-state index < -0.39 is 12.1 Å². The molecule has 0 aromatic rings. The Morgan fingerprint density at radius 1 is 1.67 bits per heavy atom. The van der Waals surface area contributed by atoms with Crippen molar-refractivity contribution < 1.29 is 9.90 Å². The molecule has 0 aromatic heterocycles. The van der Waals surface area contributed by atoms with Crippen LogP contribution in [0.2, 0.25) is 0 Å². The van der Waals surface area contributed by atoms with Gasteiger partial charge in [0.15, 0.2) is 0 Å². The van der Waals surface area contributed by atoms with Crippen molar-refractivity contribution in [2.24, 2.45) is 11.7 Å². The lowest BCUT2D eigenvalue weighted by molar-refractivity contribution is 0.0627. The first kappa shape index (κ1) is 12.3. The standard InChI is InChI=1S/C10H21N3O2/c1-3-12-9-4-8(7(2)14)5-13(6-9)10(11)15/h7-9,12,14H,3-6H2,1-2H3,(H2,11,15). The minimum atomic E-state index is -0.400. The third-order valence-electron chi connectivity index (χ3n) is 2.97. The number of likely N-dealkylation sites (tertiary alicyclic amines) is 1. The maximum atomic E-state index is 11.1. The number of nitrogens with two attached hydrogens (primary N) is 1. The van der Waals surface area contributed by atoms with E-state index in [2.05, 4.69) is 5.32 Å². The molecule has 4 N–H and O–H groups in total. The molecule has 0 radical (unpaired) electrons. The first-order valence-electron chi connectivity index (χ1n) is 5.50. The fourth-order valence-electron chi connectivity index (χ4n) is 2.10. The van der Waals surface area contributed by atoms with Gasteiger partial charge in [0.05, 0.1) is 6.10 Å². The highest BCUT2D eigenvalue weighted by Crippen LogP contribution is 2.19. The molecule has 0 aromatic carbocycles. The predicted octanol–water partition coefficient (Wildman–Crippen LogP) is -0.254. The van der Waals surface area contributed by atoms with E-state index in [0.29, 0.717) is 13.1 Å². The van der Waals surface area contributed by atoms with Crippen LogP contribution in [0, 0.1) is 5.92 Å². The summed E-state index contributed by atoms with van der Waals surface area (Å²) in [7, 11) is 0. The number of urea groups is 1. The normalized spacial score (nSPS) is 28.9. The minimum absolute atomic E-state index is 0.121. The summed E-state index contributed by atoms with van der Waals surface area (Å²) in [6.07, 6.45) is 0.503. The Morgan fingerprint density at radius 3 is 2.80 bits per heavy atom. The Labute approximate surface area is 90.6 Å². The Morgan fingerprint density at radius 2 is 2.33 bits per heavy atom. The molecule has 0 saturated carbocycles. The quantitative estimate of drug-likeness (QED) is 0.607. The van der Waals surface area contributed by atoms with Crippen molar-refractivity contribution in [2.45, 2.75) is 32.4 Å². The van der Waals surface area contributed by atoms with Crippen LogP contribution in [0.1, 0.15) is 20.3 Å². The fraction of sp³-hybridized carbons (Fsp3) is 0.900. The number of nitrogens with zero attached hydrogens (tertiary/aromatic N) is 1. The van der Waals surface area contributed by atoms with Gasteiger partial charge >= 0.3 is 6.03 Å². The van der Waals surface area contributed by atoms with E-state index in [-0.39, 0.29) is 12.0 Å². The highest BCUT2D eigenvalue weighted by atomic mass is 16.3. The second-order valence-electron chi connectivity index (χ2n) is 4.23. The third kappa shape index (κ3) is 3.35. The molecule has 1 heterocycles. The zero-order valence-corrected chi connectivity index (χ0v) is 9.44. The first-order valence-corrected chi connectivity index (χ1v) is 5.50. The Bertz CT molecular complexity index is 221. The van der Waals surface area contributed by atoms with Gasteiger partial charge in [-0.1, -0.05) is 6.92 Å². The maximum Gasteiger partial charge on any atom is 0.314 e. The number of amides is 2. The summed E-state index contributed by atoms with van der Waals surface area (Å²) in [6.45, 7) is 5.86. The van der Waals surface area contributed by atoms with Gasteiger partial charge in [-0.3, -0.25) is 0 Å². The van der Waals surface area contributed by atoms with Gasteiger partial charge < -0.3 is 21.1 Å². The van der Waals surface area contributed by atoms with E-state index >= 15 is 0 Å². The molecule has 88 valence electrons. The zero-order valence-electron chi connectivity index (χ0n) is 9.44. The summed E-state index contributed by atoms with van der Waals surface area (Å²) in [5.74, 6) is 0.121. The molecule has 3 unspecified atom stereocenters. The fourth-order valence-corrected chi connectivity index (χ4v) is 2.10. The second-order valence-corrected chi connectivity index (χ2v) is 4.23. The van der Waals surface area contributed by atoms with Gasteiger partial charge in [-0.2, -0.15) is 0 Å². The molecule has 0 aliphatic carbocycles. The highest BCUT2D eigenvalue weighted by Gasteiger charge is 2.30. The average Bonchev–Trinajstić information content (AvgIpc) is 2.17. The molecule has 1 fully saturated rings. The molecule has 5 heteroatoms. The van der Waals surface area contributed by atoms with Crippen LogP contribution < -0.4 is 11.1 Å². The molecule has 1 aliphatic rings. The van der Waals surface area contributed by atoms with Gasteiger partial charge in [-0.15, -0.1) is 0 Å². The van der Waals surface area contributed by atoms with E-state index in [0.717, 1.165) is 13.0 Å². The number of carbonyl (C=O) groups is 1. The number of likely N-dealkylation sites (N-methyl/N-ethyl adjacent to an activating group) is 1. The molecule has 0 spiro atoms. The van der Waals surface area contributed by atoms with Gasteiger partial charge in [0.2, 0.25) is 0 Å². The number of aliphatic hydroxyl groups excluding tert-OH is 1. The number of primary amides is 1.